The molecule has 0 aromatic carbocycles. The standard InChI is InChI=1S/C4H7NO4.2Y/c6-3(7)1-5-2-4(8)9;;/h5H,1-2H2,(H,6,7)(H,8,9);;. The minimum Gasteiger partial charge on any atom is -0.480 e. The Bertz CT molecular complexity index is 115. The van der Waals surface area contributed by atoms with Crippen molar-refractivity contribution in [2.24, 2.45) is 0 Å². The summed E-state index contributed by atoms with van der Waals surface area (Å²) in [5.74, 6) is -2.12. The first kappa shape index (κ1) is 18.0. The molecule has 3 N–H and O–H groups in total. The molecule has 0 bridgehead atoms. The molecule has 0 aliphatic carbocycles. The summed E-state index contributed by atoms with van der Waals surface area (Å²) >= 11 is 0. The second kappa shape index (κ2) is 11.1. The molecule has 5 nitrogen and oxygen atoms in total. The molecule has 58 valence electrons. The molecule has 0 unspecified atom stereocenters. The summed E-state index contributed by atoms with van der Waals surface area (Å²) in [6.07, 6.45) is 0. The van der Waals surface area contributed by atoms with Crippen molar-refractivity contribution in [3.05, 3.63) is 0 Å². The molecule has 0 saturated heterocycles. The molecule has 0 aromatic heterocycles. The van der Waals surface area contributed by atoms with Crippen LogP contribution >= 0.6 is 0 Å². The van der Waals surface area contributed by atoms with Gasteiger partial charge in [-0.15, -0.1) is 0 Å². The summed E-state index contributed by atoms with van der Waals surface area (Å²) < 4.78 is 0. The van der Waals surface area contributed by atoms with Gasteiger partial charge in [-0.05, 0) is 0 Å². The molecule has 0 heterocycles. The normalized spacial score (nSPS) is 7.27. The Morgan fingerprint density at radius 2 is 1.27 bits per heavy atom. The Morgan fingerprint density at radius 3 is 1.45 bits per heavy atom. The van der Waals surface area contributed by atoms with E-state index in [-0.39, 0.29) is 78.5 Å². The van der Waals surface area contributed by atoms with E-state index in [1.807, 2.05) is 0 Å². The second-order valence-corrected chi connectivity index (χ2v) is 1.39. The molecular weight excluding hydrogens is 304 g/mol. The van der Waals surface area contributed by atoms with Crippen LogP contribution in [0.4, 0.5) is 0 Å². The fraction of sp³-hybridized carbons (Fsp3) is 0.500. The van der Waals surface area contributed by atoms with Gasteiger partial charge >= 0.3 is 11.9 Å². The van der Waals surface area contributed by atoms with Gasteiger partial charge < -0.3 is 10.2 Å². The maximum Gasteiger partial charge on any atom is 0.317 e. The van der Waals surface area contributed by atoms with Crippen molar-refractivity contribution in [2.45, 2.75) is 0 Å². The van der Waals surface area contributed by atoms with Gasteiger partial charge in [-0.25, -0.2) is 0 Å². The molecule has 0 spiro atoms. The van der Waals surface area contributed by atoms with Crippen LogP contribution in [-0.4, -0.2) is 35.2 Å². The van der Waals surface area contributed by atoms with Crippen molar-refractivity contribution in [3.63, 3.8) is 0 Å². The third-order valence-corrected chi connectivity index (χ3v) is 0.552. The Balaban J connectivity index is -0.000000320. The van der Waals surface area contributed by atoms with Crippen molar-refractivity contribution in [1.29, 1.82) is 0 Å². The van der Waals surface area contributed by atoms with Gasteiger partial charge in [-0.3, -0.25) is 14.9 Å². The predicted molar refractivity (Wildman–Crippen MR) is 28.1 cm³/mol. The summed E-state index contributed by atoms with van der Waals surface area (Å²) in [5.41, 5.74) is 0. The SMILES string of the molecule is O=C(O)CNCC(=O)O.[Y].[Y]. The van der Waals surface area contributed by atoms with Crippen molar-refractivity contribution in [3.8, 4) is 0 Å². The van der Waals surface area contributed by atoms with Crippen molar-refractivity contribution in [2.75, 3.05) is 13.1 Å². The van der Waals surface area contributed by atoms with E-state index in [0.717, 1.165) is 0 Å². The molecule has 2 radical (unpaired) electrons. The number of nitrogens with one attached hydrogen (secondary N) is 1. The average Bonchev–Trinajstić information content (AvgIpc) is 1.63. The zero-order valence-electron chi connectivity index (χ0n) is 5.78. The van der Waals surface area contributed by atoms with E-state index in [1.54, 1.807) is 0 Å². The molecule has 0 amide bonds. The van der Waals surface area contributed by atoms with Crippen molar-refractivity contribution >= 4 is 11.9 Å². The third kappa shape index (κ3) is 18.2. The van der Waals surface area contributed by atoms with Crippen LogP contribution < -0.4 is 5.32 Å². The quantitative estimate of drug-likeness (QED) is 0.603. The summed E-state index contributed by atoms with van der Waals surface area (Å²) in [7, 11) is 0. The maximum absolute atomic E-state index is 9.73. The summed E-state index contributed by atoms with van der Waals surface area (Å²) in [5, 5.41) is 18.1. The maximum atomic E-state index is 9.73. The van der Waals surface area contributed by atoms with E-state index >= 15 is 0 Å². The van der Waals surface area contributed by atoms with E-state index in [2.05, 4.69) is 5.32 Å². The number of carboxylic acids is 2. The summed E-state index contributed by atoms with van der Waals surface area (Å²) in [6, 6.07) is 0. The van der Waals surface area contributed by atoms with Gasteiger partial charge in [0, 0.05) is 65.4 Å². The zero-order valence-corrected chi connectivity index (χ0v) is 11.5. The fourth-order valence-corrected chi connectivity index (χ4v) is 0.276. The molecular formula is C4H7NO4Y2. The first-order valence-corrected chi connectivity index (χ1v) is 2.27. The van der Waals surface area contributed by atoms with E-state index < -0.39 is 11.9 Å². The molecule has 0 saturated carbocycles. The largest absolute Gasteiger partial charge is 0.480 e. The van der Waals surface area contributed by atoms with Gasteiger partial charge in [0.05, 0.1) is 13.1 Å². The number of carbonyl (C=O) groups is 2. The smallest absolute Gasteiger partial charge is 0.317 e. The summed E-state index contributed by atoms with van der Waals surface area (Å²) in [6.45, 7) is -0.626. The minimum absolute atomic E-state index is 0. The third-order valence-electron chi connectivity index (χ3n) is 0.552. The molecule has 0 atom stereocenters. The summed E-state index contributed by atoms with van der Waals surface area (Å²) in [4.78, 5) is 19.5. The number of carboxylic acid groups (broad SMARTS) is 2. The van der Waals surface area contributed by atoms with Crippen LogP contribution in [0.25, 0.3) is 0 Å². The van der Waals surface area contributed by atoms with Crippen molar-refractivity contribution in [1.82, 2.24) is 5.32 Å². The second-order valence-electron chi connectivity index (χ2n) is 1.39. The molecule has 0 fully saturated rings. The predicted octanol–water partition coefficient (Wildman–Crippen LogP) is -1.26. The van der Waals surface area contributed by atoms with Crippen LogP contribution in [0.15, 0.2) is 0 Å². The van der Waals surface area contributed by atoms with Crippen LogP contribution in [0.1, 0.15) is 0 Å². The number of hydrogen-bond donors (Lipinski definition) is 3. The Morgan fingerprint density at radius 1 is 1.00 bits per heavy atom. The van der Waals surface area contributed by atoms with Crippen LogP contribution in [-0.2, 0) is 75.0 Å². The molecule has 0 aliphatic heterocycles. The van der Waals surface area contributed by atoms with E-state index in [9.17, 15) is 9.59 Å². The Labute approximate surface area is 114 Å². The van der Waals surface area contributed by atoms with Gasteiger partial charge in [0.15, 0.2) is 0 Å². The number of aliphatic carboxylic acids is 2. The van der Waals surface area contributed by atoms with Crippen LogP contribution in [0.3, 0.4) is 0 Å². The molecule has 0 rings (SSSR count). The monoisotopic (exact) mass is 311 g/mol. The van der Waals surface area contributed by atoms with Crippen LogP contribution in [0, 0.1) is 0 Å². The topological polar surface area (TPSA) is 86.6 Å². The van der Waals surface area contributed by atoms with Gasteiger partial charge in [0.25, 0.3) is 0 Å². The molecule has 7 heteroatoms. The number of rotatable bonds is 4. The molecule has 11 heavy (non-hydrogen) atoms. The van der Waals surface area contributed by atoms with Crippen LogP contribution in [0.5, 0.6) is 0 Å². The first-order chi connectivity index (χ1) is 4.13. The van der Waals surface area contributed by atoms with Crippen LogP contribution in [0.2, 0.25) is 0 Å². The van der Waals surface area contributed by atoms with Crippen molar-refractivity contribution < 1.29 is 85.2 Å². The van der Waals surface area contributed by atoms with Gasteiger partial charge in [0.1, 0.15) is 0 Å². The van der Waals surface area contributed by atoms with E-state index in [1.165, 1.54) is 0 Å². The van der Waals surface area contributed by atoms with Gasteiger partial charge in [0.2, 0.25) is 0 Å². The van der Waals surface area contributed by atoms with E-state index in [0.29, 0.717) is 0 Å². The van der Waals surface area contributed by atoms with Gasteiger partial charge in [-0.2, -0.15) is 0 Å². The average molecular weight is 311 g/mol. The molecule has 0 aliphatic rings. The van der Waals surface area contributed by atoms with E-state index in [4.69, 9.17) is 10.2 Å². The zero-order chi connectivity index (χ0) is 7.28. The Hall–Kier alpha value is 1.11. The molecule has 0 aromatic rings. The fourth-order valence-electron chi connectivity index (χ4n) is 0.276. The Kier molecular flexibility index (Phi) is 18.2. The number of hydrogen-bond acceptors (Lipinski definition) is 3. The van der Waals surface area contributed by atoms with Gasteiger partial charge in [-0.1, -0.05) is 0 Å². The first-order valence-electron chi connectivity index (χ1n) is 2.27. The minimum atomic E-state index is -1.06.